The van der Waals surface area contributed by atoms with Crippen LogP contribution in [-0.4, -0.2) is 43.3 Å². The van der Waals surface area contributed by atoms with Gasteiger partial charge in [0.25, 0.3) is 0 Å². The van der Waals surface area contributed by atoms with Gasteiger partial charge in [-0.05, 0) is 37.1 Å². The average Bonchev–Trinajstić information content (AvgIpc) is 2.33. The predicted molar refractivity (Wildman–Crippen MR) is 75.5 cm³/mol. The van der Waals surface area contributed by atoms with Crippen molar-refractivity contribution in [2.24, 2.45) is 17.1 Å². The van der Waals surface area contributed by atoms with E-state index in [-0.39, 0.29) is 5.41 Å². The standard InChI is InChI=1S/C15H30N2O/c1-11-7-9-17(10-13(11)18-4)12-6-5-8-15(2,3)14(12)16/h11-14H,5-10,16H2,1-4H3. The summed E-state index contributed by atoms with van der Waals surface area (Å²) in [7, 11) is 1.84. The van der Waals surface area contributed by atoms with Crippen LogP contribution in [0.5, 0.6) is 0 Å². The van der Waals surface area contributed by atoms with Crippen molar-refractivity contribution in [3.05, 3.63) is 0 Å². The van der Waals surface area contributed by atoms with Crippen LogP contribution in [0.25, 0.3) is 0 Å². The van der Waals surface area contributed by atoms with Crippen molar-refractivity contribution in [3.63, 3.8) is 0 Å². The molecule has 4 unspecified atom stereocenters. The van der Waals surface area contributed by atoms with Gasteiger partial charge in [0.15, 0.2) is 0 Å². The van der Waals surface area contributed by atoms with Gasteiger partial charge in [0.2, 0.25) is 0 Å². The van der Waals surface area contributed by atoms with Crippen LogP contribution in [0.15, 0.2) is 0 Å². The molecule has 18 heavy (non-hydrogen) atoms. The molecular weight excluding hydrogens is 224 g/mol. The van der Waals surface area contributed by atoms with Gasteiger partial charge in [-0.25, -0.2) is 0 Å². The van der Waals surface area contributed by atoms with E-state index in [1.54, 1.807) is 0 Å². The van der Waals surface area contributed by atoms with Crippen LogP contribution >= 0.6 is 0 Å². The normalized spacial score (nSPS) is 41.8. The Hall–Kier alpha value is -0.120. The lowest BCUT2D eigenvalue weighted by molar-refractivity contribution is -0.0385. The molecule has 0 spiro atoms. The minimum Gasteiger partial charge on any atom is -0.380 e. The predicted octanol–water partition coefficient (Wildman–Crippen LogP) is 2.25. The molecule has 3 nitrogen and oxygen atoms in total. The van der Waals surface area contributed by atoms with Crippen molar-refractivity contribution in [2.45, 2.75) is 64.6 Å². The number of hydrogen-bond donors (Lipinski definition) is 1. The second-order valence-electron chi connectivity index (χ2n) is 7.01. The average molecular weight is 254 g/mol. The van der Waals surface area contributed by atoms with Gasteiger partial charge in [0, 0.05) is 25.7 Å². The Morgan fingerprint density at radius 3 is 2.67 bits per heavy atom. The highest BCUT2D eigenvalue weighted by Crippen LogP contribution is 2.37. The maximum atomic E-state index is 6.53. The summed E-state index contributed by atoms with van der Waals surface area (Å²) in [6, 6.07) is 0.857. The quantitative estimate of drug-likeness (QED) is 0.821. The van der Waals surface area contributed by atoms with Gasteiger partial charge in [0.05, 0.1) is 6.10 Å². The molecule has 1 heterocycles. The molecule has 1 aliphatic carbocycles. The second kappa shape index (κ2) is 5.48. The Labute approximate surface area is 112 Å². The highest BCUT2D eigenvalue weighted by Gasteiger charge is 2.41. The largest absolute Gasteiger partial charge is 0.380 e. The van der Waals surface area contributed by atoms with E-state index in [2.05, 4.69) is 25.7 Å². The van der Waals surface area contributed by atoms with Crippen molar-refractivity contribution in [1.29, 1.82) is 0 Å². The Kier molecular flexibility index (Phi) is 4.35. The molecule has 106 valence electrons. The maximum absolute atomic E-state index is 6.53. The monoisotopic (exact) mass is 254 g/mol. The smallest absolute Gasteiger partial charge is 0.0724 e. The minimum absolute atomic E-state index is 0.286. The topological polar surface area (TPSA) is 38.5 Å². The fourth-order valence-corrected chi connectivity index (χ4v) is 3.71. The van der Waals surface area contributed by atoms with Crippen LogP contribution in [0.4, 0.5) is 0 Å². The number of piperidine rings is 1. The van der Waals surface area contributed by atoms with E-state index in [1.165, 1.54) is 32.2 Å². The Morgan fingerprint density at radius 1 is 1.28 bits per heavy atom. The fourth-order valence-electron chi connectivity index (χ4n) is 3.71. The summed E-state index contributed by atoms with van der Waals surface area (Å²) in [5, 5.41) is 0. The Bertz CT molecular complexity index is 280. The van der Waals surface area contributed by atoms with Crippen LogP contribution in [0, 0.1) is 11.3 Å². The van der Waals surface area contributed by atoms with E-state index in [4.69, 9.17) is 10.5 Å². The molecule has 0 aromatic rings. The third-order valence-electron chi connectivity index (χ3n) is 5.33. The zero-order valence-corrected chi connectivity index (χ0v) is 12.5. The fraction of sp³-hybridized carbons (Fsp3) is 1.00. The first-order valence-electron chi connectivity index (χ1n) is 7.48. The minimum atomic E-state index is 0.286. The van der Waals surface area contributed by atoms with Crippen LogP contribution < -0.4 is 5.73 Å². The molecule has 0 radical (unpaired) electrons. The number of rotatable bonds is 2. The lowest BCUT2D eigenvalue weighted by atomic mass is 9.70. The molecule has 2 N–H and O–H groups in total. The highest BCUT2D eigenvalue weighted by molar-refractivity contribution is 4.97. The van der Waals surface area contributed by atoms with Crippen molar-refractivity contribution >= 4 is 0 Å². The second-order valence-corrected chi connectivity index (χ2v) is 7.01. The van der Waals surface area contributed by atoms with E-state index in [9.17, 15) is 0 Å². The van der Waals surface area contributed by atoms with Gasteiger partial charge in [0.1, 0.15) is 0 Å². The number of nitrogens with two attached hydrogens (primary N) is 1. The van der Waals surface area contributed by atoms with Crippen LogP contribution in [0.2, 0.25) is 0 Å². The molecule has 1 saturated heterocycles. The number of hydrogen-bond acceptors (Lipinski definition) is 3. The van der Waals surface area contributed by atoms with Crippen molar-refractivity contribution in [3.8, 4) is 0 Å². The molecule has 0 bridgehead atoms. The van der Waals surface area contributed by atoms with Crippen molar-refractivity contribution < 1.29 is 4.74 Å². The SMILES string of the molecule is COC1CN(C2CCCC(C)(C)C2N)CCC1C. The summed E-state index contributed by atoms with van der Waals surface area (Å²) in [5.74, 6) is 0.680. The van der Waals surface area contributed by atoms with E-state index in [0.29, 0.717) is 24.1 Å². The molecular formula is C15H30N2O. The lowest BCUT2D eigenvalue weighted by Gasteiger charge is -2.49. The summed E-state index contributed by atoms with van der Waals surface area (Å²) in [5.41, 5.74) is 6.81. The molecule has 4 atom stereocenters. The van der Waals surface area contributed by atoms with Crippen LogP contribution in [-0.2, 0) is 4.74 Å². The van der Waals surface area contributed by atoms with Gasteiger partial charge in [-0.15, -0.1) is 0 Å². The molecule has 2 fully saturated rings. The summed E-state index contributed by atoms with van der Waals surface area (Å²) in [6.45, 7) is 9.20. The number of likely N-dealkylation sites (tertiary alicyclic amines) is 1. The van der Waals surface area contributed by atoms with Crippen LogP contribution in [0.1, 0.15) is 46.5 Å². The number of nitrogens with zero attached hydrogens (tertiary/aromatic N) is 1. The van der Waals surface area contributed by atoms with Gasteiger partial charge in [-0.3, -0.25) is 4.90 Å². The maximum Gasteiger partial charge on any atom is 0.0724 e. The Balaban J connectivity index is 2.02. The van der Waals surface area contributed by atoms with E-state index in [0.717, 1.165) is 6.54 Å². The molecule has 2 aliphatic rings. The molecule has 0 aromatic carbocycles. The van der Waals surface area contributed by atoms with E-state index >= 15 is 0 Å². The van der Waals surface area contributed by atoms with Crippen molar-refractivity contribution in [1.82, 2.24) is 4.90 Å². The van der Waals surface area contributed by atoms with Crippen molar-refractivity contribution in [2.75, 3.05) is 20.2 Å². The van der Waals surface area contributed by atoms with Gasteiger partial charge < -0.3 is 10.5 Å². The Morgan fingerprint density at radius 2 is 2.00 bits per heavy atom. The summed E-state index contributed by atoms with van der Waals surface area (Å²) in [4.78, 5) is 2.60. The first-order chi connectivity index (χ1) is 8.45. The third kappa shape index (κ3) is 2.73. The summed E-state index contributed by atoms with van der Waals surface area (Å²) < 4.78 is 5.63. The molecule has 2 rings (SSSR count). The van der Waals surface area contributed by atoms with Gasteiger partial charge >= 0.3 is 0 Å². The highest BCUT2D eigenvalue weighted by atomic mass is 16.5. The first kappa shape index (κ1) is 14.3. The molecule has 1 saturated carbocycles. The number of ether oxygens (including phenoxy) is 1. The van der Waals surface area contributed by atoms with Crippen LogP contribution in [0.3, 0.4) is 0 Å². The molecule has 3 heteroatoms. The molecule has 0 aromatic heterocycles. The lowest BCUT2D eigenvalue weighted by Crippen LogP contribution is -2.60. The molecule has 1 aliphatic heterocycles. The van der Waals surface area contributed by atoms with E-state index in [1.807, 2.05) is 7.11 Å². The number of methoxy groups -OCH3 is 1. The zero-order chi connectivity index (χ0) is 13.3. The molecule has 0 amide bonds. The third-order valence-corrected chi connectivity index (χ3v) is 5.33. The first-order valence-corrected chi connectivity index (χ1v) is 7.48. The van der Waals surface area contributed by atoms with Gasteiger partial charge in [-0.2, -0.15) is 0 Å². The summed E-state index contributed by atoms with van der Waals surface area (Å²) in [6.07, 6.45) is 5.46. The summed E-state index contributed by atoms with van der Waals surface area (Å²) >= 11 is 0. The van der Waals surface area contributed by atoms with E-state index < -0.39 is 0 Å². The zero-order valence-electron chi connectivity index (χ0n) is 12.5. The van der Waals surface area contributed by atoms with Gasteiger partial charge in [-0.1, -0.05) is 27.2 Å².